The fraction of sp³-hybridized carbons (Fsp3) is 0.462. The van der Waals surface area contributed by atoms with Gasteiger partial charge >= 0.3 is 0 Å². The Bertz CT molecular complexity index is 419. The minimum Gasteiger partial charge on any atom is -0.490 e. The minimum atomic E-state index is 0.533. The first-order valence-corrected chi connectivity index (χ1v) is 5.94. The van der Waals surface area contributed by atoms with E-state index in [2.05, 4.69) is 11.0 Å². The maximum absolute atomic E-state index is 8.72. The normalized spacial score (nSPS) is 15.7. The number of nitriles is 1. The summed E-state index contributed by atoms with van der Waals surface area (Å²) in [5.41, 5.74) is 6.90. The first-order chi connectivity index (χ1) is 8.29. The van der Waals surface area contributed by atoms with Crippen LogP contribution < -0.4 is 10.5 Å². The van der Waals surface area contributed by atoms with Gasteiger partial charge in [0.05, 0.1) is 17.3 Å². The van der Waals surface area contributed by atoms with Crippen molar-refractivity contribution in [1.29, 1.82) is 5.26 Å². The van der Waals surface area contributed by atoms with E-state index >= 15 is 0 Å². The van der Waals surface area contributed by atoms with Crippen LogP contribution in [0.3, 0.4) is 0 Å². The molecule has 1 aromatic rings. The Morgan fingerprint density at radius 2 is 2.12 bits per heavy atom. The van der Waals surface area contributed by atoms with Gasteiger partial charge in [-0.15, -0.1) is 0 Å². The zero-order valence-corrected chi connectivity index (χ0v) is 9.85. The Balaban J connectivity index is 1.84. The minimum absolute atomic E-state index is 0.533. The predicted molar refractivity (Wildman–Crippen MR) is 66.7 cm³/mol. The average molecular weight is 231 g/mol. The van der Waals surface area contributed by atoms with Gasteiger partial charge in [-0.05, 0) is 44.1 Å². The zero-order chi connectivity index (χ0) is 12.1. The van der Waals surface area contributed by atoms with Crippen LogP contribution in [-0.4, -0.2) is 31.1 Å². The number of benzene rings is 1. The zero-order valence-electron chi connectivity index (χ0n) is 9.85. The van der Waals surface area contributed by atoms with Crippen LogP contribution in [0.15, 0.2) is 18.2 Å². The Morgan fingerprint density at radius 1 is 1.35 bits per heavy atom. The largest absolute Gasteiger partial charge is 0.490 e. The first-order valence-electron chi connectivity index (χ1n) is 5.94. The van der Waals surface area contributed by atoms with Gasteiger partial charge in [0.25, 0.3) is 0 Å². The molecule has 90 valence electrons. The predicted octanol–water partition coefficient (Wildman–Crippen LogP) is 1.62. The van der Waals surface area contributed by atoms with Crippen LogP contribution in [0.25, 0.3) is 0 Å². The lowest BCUT2D eigenvalue weighted by atomic mass is 10.2. The van der Waals surface area contributed by atoms with E-state index in [0.29, 0.717) is 23.6 Å². The monoisotopic (exact) mass is 231 g/mol. The van der Waals surface area contributed by atoms with Crippen LogP contribution in [0.1, 0.15) is 18.4 Å². The van der Waals surface area contributed by atoms with E-state index in [0.717, 1.165) is 6.54 Å². The number of ether oxygens (including phenoxy) is 1. The van der Waals surface area contributed by atoms with Gasteiger partial charge in [-0.1, -0.05) is 0 Å². The summed E-state index contributed by atoms with van der Waals surface area (Å²) in [6, 6.07) is 7.18. The van der Waals surface area contributed by atoms with E-state index in [1.54, 1.807) is 18.2 Å². The number of rotatable bonds is 4. The third-order valence-corrected chi connectivity index (χ3v) is 3.00. The number of likely N-dealkylation sites (tertiary alicyclic amines) is 1. The number of nitrogens with two attached hydrogens (primary N) is 1. The van der Waals surface area contributed by atoms with Crippen LogP contribution >= 0.6 is 0 Å². The van der Waals surface area contributed by atoms with Crippen LogP contribution in [-0.2, 0) is 0 Å². The van der Waals surface area contributed by atoms with Gasteiger partial charge < -0.3 is 10.5 Å². The van der Waals surface area contributed by atoms with Crippen LogP contribution in [0, 0.1) is 11.3 Å². The number of anilines is 1. The third kappa shape index (κ3) is 3.11. The van der Waals surface area contributed by atoms with E-state index in [4.69, 9.17) is 15.7 Å². The Hall–Kier alpha value is -1.73. The van der Waals surface area contributed by atoms with Gasteiger partial charge in [0.1, 0.15) is 12.4 Å². The molecule has 2 N–H and O–H groups in total. The van der Waals surface area contributed by atoms with Crippen molar-refractivity contribution in [2.24, 2.45) is 0 Å². The van der Waals surface area contributed by atoms with E-state index in [9.17, 15) is 0 Å². The molecular formula is C13H17N3O. The fourth-order valence-corrected chi connectivity index (χ4v) is 2.04. The van der Waals surface area contributed by atoms with E-state index in [1.165, 1.54) is 25.9 Å². The summed E-state index contributed by atoms with van der Waals surface area (Å²) < 4.78 is 5.62. The molecular weight excluding hydrogens is 214 g/mol. The molecule has 4 nitrogen and oxygen atoms in total. The smallest absolute Gasteiger partial charge is 0.142 e. The summed E-state index contributed by atoms with van der Waals surface area (Å²) in [7, 11) is 0. The quantitative estimate of drug-likeness (QED) is 0.800. The number of hydrogen-bond acceptors (Lipinski definition) is 4. The Morgan fingerprint density at radius 3 is 2.76 bits per heavy atom. The lowest BCUT2D eigenvalue weighted by Gasteiger charge is -2.15. The molecule has 1 aliphatic rings. The second-order valence-electron chi connectivity index (χ2n) is 4.26. The van der Waals surface area contributed by atoms with Gasteiger partial charge in [0, 0.05) is 6.54 Å². The highest BCUT2D eigenvalue weighted by Crippen LogP contribution is 2.22. The van der Waals surface area contributed by atoms with E-state index in [1.807, 2.05) is 0 Å². The molecule has 0 atom stereocenters. The van der Waals surface area contributed by atoms with Gasteiger partial charge in [-0.2, -0.15) is 5.26 Å². The summed E-state index contributed by atoms with van der Waals surface area (Å²) in [5, 5.41) is 8.72. The summed E-state index contributed by atoms with van der Waals surface area (Å²) in [4.78, 5) is 2.39. The number of nitrogen functional groups attached to an aromatic ring is 1. The Labute approximate surface area is 102 Å². The summed E-state index contributed by atoms with van der Waals surface area (Å²) in [6.07, 6.45) is 2.58. The highest BCUT2D eigenvalue weighted by atomic mass is 16.5. The van der Waals surface area contributed by atoms with Crippen molar-refractivity contribution in [2.45, 2.75) is 12.8 Å². The summed E-state index contributed by atoms with van der Waals surface area (Å²) in [5.74, 6) is 0.670. The highest BCUT2D eigenvalue weighted by Gasteiger charge is 2.11. The molecule has 1 saturated heterocycles. The second kappa shape index (κ2) is 5.55. The second-order valence-corrected chi connectivity index (χ2v) is 4.26. The number of nitrogens with zero attached hydrogens (tertiary/aromatic N) is 2. The lowest BCUT2D eigenvalue weighted by Crippen LogP contribution is -2.25. The molecule has 4 heteroatoms. The molecule has 1 fully saturated rings. The van der Waals surface area contributed by atoms with Crippen LogP contribution in [0.5, 0.6) is 5.75 Å². The van der Waals surface area contributed by atoms with Crippen LogP contribution in [0.4, 0.5) is 5.69 Å². The maximum atomic E-state index is 8.72. The van der Waals surface area contributed by atoms with Crippen molar-refractivity contribution in [1.82, 2.24) is 4.90 Å². The van der Waals surface area contributed by atoms with Crippen LogP contribution in [0.2, 0.25) is 0 Å². The summed E-state index contributed by atoms with van der Waals surface area (Å²) >= 11 is 0. The highest BCUT2D eigenvalue weighted by molar-refractivity contribution is 5.56. The molecule has 1 aliphatic heterocycles. The Kier molecular flexibility index (Phi) is 3.84. The van der Waals surface area contributed by atoms with Gasteiger partial charge in [-0.25, -0.2) is 0 Å². The molecule has 0 bridgehead atoms. The molecule has 0 aromatic heterocycles. The number of hydrogen-bond donors (Lipinski definition) is 1. The molecule has 0 radical (unpaired) electrons. The van der Waals surface area contributed by atoms with Crippen molar-refractivity contribution in [3.63, 3.8) is 0 Å². The standard InChI is InChI=1S/C13H17N3O/c14-10-11-3-4-13(12(15)9-11)17-8-7-16-5-1-2-6-16/h3-4,9H,1-2,5-8,15H2. The van der Waals surface area contributed by atoms with Gasteiger partial charge in [-0.3, -0.25) is 4.90 Å². The SMILES string of the molecule is N#Cc1ccc(OCCN2CCCC2)c(N)c1. The lowest BCUT2D eigenvalue weighted by molar-refractivity contribution is 0.238. The average Bonchev–Trinajstić information content (AvgIpc) is 2.84. The van der Waals surface area contributed by atoms with E-state index in [-0.39, 0.29) is 0 Å². The maximum Gasteiger partial charge on any atom is 0.142 e. The molecule has 17 heavy (non-hydrogen) atoms. The van der Waals surface area contributed by atoms with E-state index < -0.39 is 0 Å². The van der Waals surface area contributed by atoms with Gasteiger partial charge in [0.2, 0.25) is 0 Å². The van der Waals surface area contributed by atoms with Crippen molar-refractivity contribution < 1.29 is 4.74 Å². The topological polar surface area (TPSA) is 62.3 Å². The molecule has 1 heterocycles. The molecule has 1 aromatic carbocycles. The first kappa shape index (κ1) is 11.7. The molecule has 0 spiro atoms. The fourth-order valence-electron chi connectivity index (χ4n) is 2.04. The van der Waals surface area contributed by atoms with Crippen molar-refractivity contribution in [2.75, 3.05) is 32.0 Å². The molecule has 0 saturated carbocycles. The van der Waals surface area contributed by atoms with Gasteiger partial charge in [0.15, 0.2) is 0 Å². The summed E-state index contributed by atoms with van der Waals surface area (Å²) in [6.45, 7) is 3.94. The van der Waals surface area contributed by atoms with Crippen molar-refractivity contribution in [3.8, 4) is 11.8 Å². The van der Waals surface area contributed by atoms with Crippen molar-refractivity contribution >= 4 is 5.69 Å². The molecule has 0 unspecified atom stereocenters. The molecule has 0 amide bonds. The third-order valence-electron chi connectivity index (χ3n) is 3.00. The molecule has 0 aliphatic carbocycles. The van der Waals surface area contributed by atoms with Crippen molar-refractivity contribution in [3.05, 3.63) is 23.8 Å². The molecule has 2 rings (SSSR count).